The second-order valence-electron chi connectivity index (χ2n) is 6.33. The third-order valence-corrected chi connectivity index (χ3v) is 5.15. The summed E-state index contributed by atoms with van der Waals surface area (Å²) in [7, 11) is 0. The lowest BCUT2D eigenvalue weighted by atomic mass is 10.0. The molecule has 2 N–H and O–H groups in total. The molecule has 1 aliphatic rings. The van der Waals surface area contributed by atoms with Crippen LogP contribution < -0.4 is 10.6 Å². The van der Waals surface area contributed by atoms with Gasteiger partial charge in [-0.1, -0.05) is 24.3 Å². The van der Waals surface area contributed by atoms with Crippen molar-refractivity contribution in [3.05, 3.63) is 46.0 Å². The Labute approximate surface area is 158 Å². The van der Waals surface area contributed by atoms with Gasteiger partial charge >= 0.3 is 12.2 Å². The summed E-state index contributed by atoms with van der Waals surface area (Å²) in [6.07, 6.45) is -0.0326. The molecule has 27 heavy (non-hydrogen) atoms. The molecule has 1 heterocycles. The second-order valence-corrected chi connectivity index (χ2v) is 7.41. The Bertz CT molecular complexity index is 752. The van der Waals surface area contributed by atoms with Crippen molar-refractivity contribution in [1.29, 1.82) is 0 Å². The SMILES string of the molecule is O=C(NCc1ccc(COCC(F)(F)F)cc1)Nc1nc2c(s1)CCCC2. The molecule has 0 saturated heterocycles. The summed E-state index contributed by atoms with van der Waals surface area (Å²) >= 11 is 1.52. The molecule has 1 aromatic carbocycles. The zero-order valence-electron chi connectivity index (χ0n) is 14.6. The van der Waals surface area contributed by atoms with E-state index < -0.39 is 12.8 Å². The van der Waals surface area contributed by atoms with Crippen LogP contribution in [0.1, 0.15) is 34.5 Å². The third kappa shape index (κ3) is 6.21. The van der Waals surface area contributed by atoms with E-state index in [1.54, 1.807) is 24.3 Å². The molecule has 0 radical (unpaired) electrons. The van der Waals surface area contributed by atoms with Crippen LogP contribution in [0.15, 0.2) is 24.3 Å². The van der Waals surface area contributed by atoms with E-state index in [0.717, 1.165) is 36.9 Å². The minimum atomic E-state index is -4.33. The number of nitrogens with one attached hydrogen (secondary N) is 2. The average molecular weight is 399 g/mol. The molecule has 146 valence electrons. The van der Waals surface area contributed by atoms with Crippen molar-refractivity contribution in [2.75, 3.05) is 11.9 Å². The van der Waals surface area contributed by atoms with E-state index in [-0.39, 0.29) is 12.6 Å². The first-order valence-electron chi connectivity index (χ1n) is 8.65. The maximum absolute atomic E-state index is 12.0. The Hall–Kier alpha value is -2.13. The number of halogens is 3. The summed E-state index contributed by atoms with van der Waals surface area (Å²) in [6, 6.07) is 6.52. The largest absolute Gasteiger partial charge is 0.411 e. The molecule has 5 nitrogen and oxygen atoms in total. The lowest BCUT2D eigenvalue weighted by Crippen LogP contribution is -2.28. The van der Waals surface area contributed by atoms with Crippen molar-refractivity contribution < 1.29 is 22.7 Å². The van der Waals surface area contributed by atoms with Crippen LogP contribution in [0, 0.1) is 0 Å². The van der Waals surface area contributed by atoms with Crippen LogP contribution in [0.2, 0.25) is 0 Å². The van der Waals surface area contributed by atoms with Gasteiger partial charge in [0.15, 0.2) is 5.13 Å². The van der Waals surface area contributed by atoms with Gasteiger partial charge in [-0.25, -0.2) is 9.78 Å². The number of carbonyl (C=O) groups is 1. The van der Waals surface area contributed by atoms with Crippen LogP contribution in [0.4, 0.5) is 23.1 Å². The van der Waals surface area contributed by atoms with E-state index >= 15 is 0 Å². The Balaban J connectivity index is 1.42. The molecule has 0 unspecified atom stereocenters. The van der Waals surface area contributed by atoms with E-state index in [4.69, 9.17) is 0 Å². The first kappa shape index (κ1) is 19.6. The number of thiazole rings is 1. The molecule has 2 aromatic rings. The lowest BCUT2D eigenvalue weighted by molar-refractivity contribution is -0.176. The molecular formula is C18H20F3N3O2S. The molecule has 0 fully saturated rings. The summed E-state index contributed by atoms with van der Waals surface area (Å²) in [5, 5.41) is 6.11. The van der Waals surface area contributed by atoms with Gasteiger partial charge in [0, 0.05) is 11.4 Å². The van der Waals surface area contributed by atoms with Gasteiger partial charge in [-0.05, 0) is 36.8 Å². The Morgan fingerprint density at radius 2 is 1.85 bits per heavy atom. The molecule has 0 aliphatic heterocycles. The molecule has 0 atom stereocenters. The van der Waals surface area contributed by atoms with Gasteiger partial charge in [-0.15, -0.1) is 11.3 Å². The minimum Gasteiger partial charge on any atom is -0.367 e. The van der Waals surface area contributed by atoms with E-state index in [1.165, 1.54) is 16.2 Å². The second kappa shape index (κ2) is 8.71. The van der Waals surface area contributed by atoms with Gasteiger partial charge in [-0.2, -0.15) is 13.2 Å². The Morgan fingerprint density at radius 1 is 1.15 bits per heavy atom. The molecule has 0 saturated carbocycles. The fourth-order valence-corrected chi connectivity index (χ4v) is 3.81. The summed E-state index contributed by atoms with van der Waals surface area (Å²) in [4.78, 5) is 17.7. The average Bonchev–Trinajstić information content (AvgIpc) is 3.02. The minimum absolute atomic E-state index is 0.109. The molecule has 1 aromatic heterocycles. The monoisotopic (exact) mass is 399 g/mol. The van der Waals surface area contributed by atoms with Crippen molar-refractivity contribution >= 4 is 22.5 Å². The topological polar surface area (TPSA) is 63.2 Å². The molecule has 9 heteroatoms. The number of hydrogen-bond donors (Lipinski definition) is 2. The normalized spacial score (nSPS) is 13.9. The van der Waals surface area contributed by atoms with E-state index in [2.05, 4.69) is 20.4 Å². The van der Waals surface area contributed by atoms with Crippen molar-refractivity contribution in [2.24, 2.45) is 0 Å². The van der Waals surface area contributed by atoms with E-state index in [9.17, 15) is 18.0 Å². The highest BCUT2D eigenvalue weighted by molar-refractivity contribution is 7.15. The van der Waals surface area contributed by atoms with Gasteiger partial charge < -0.3 is 10.1 Å². The molecule has 0 bridgehead atoms. The van der Waals surface area contributed by atoms with Gasteiger partial charge in [0.2, 0.25) is 0 Å². The molecule has 2 amide bonds. The summed E-state index contributed by atoms with van der Waals surface area (Å²) < 4.78 is 40.8. The van der Waals surface area contributed by atoms with Crippen LogP contribution in [0.3, 0.4) is 0 Å². The molecule has 0 spiro atoms. The van der Waals surface area contributed by atoms with Crippen molar-refractivity contribution in [2.45, 2.75) is 45.0 Å². The fraction of sp³-hybridized carbons (Fsp3) is 0.444. The van der Waals surface area contributed by atoms with Crippen LogP contribution in [-0.2, 0) is 30.7 Å². The number of benzene rings is 1. The number of ether oxygens (including phenoxy) is 1. The van der Waals surface area contributed by atoms with Crippen LogP contribution in [0.5, 0.6) is 0 Å². The lowest BCUT2D eigenvalue weighted by Gasteiger charge is -2.09. The number of urea groups is 1. The number of aryl methyl sites for hydroxylation is 2. The van der Waals surface area contributed by atoms with Crippen molar-refractivity contribution in [1.82, 2.24) is 10.3 Å². The Kier molecular flexibility index (Phi) is 6.33. The predicted octanol–water partition coefficient (Wildman–Crippen LogP) is 4.42. The number of rotatable bonds is 6. The predicted molar refractivity (Wildman–Crippen MR) is 96.8 cm³/mol. The van der Waals surface area contributed by atoms with Crippen LogP contribution in [0.25, 0.3) is 0 Å². The van der Waals surface area contributed by atoms with E-state index in [1.807, 2.05) is 0 Å². The molecule has 3 rings (SSSR count). The van der Waals surface area contributed by atoms with Gasteiger partial charge in [0.25, 0.3) is 0 Å². The molecular weight excluding hydrogens is 379 g/mol. The third-order valence-electron chi connectivity index (χ3n) is 4.08. The first-order chi connectivity index (χ1) is 12.9. The maximum Gasteiger partial charge on any atom is 0.411 e. The fourth-order valence-electron chi connectivity index (χ4n) is 2.77. The number of carbonyl (C=O) groups excluding carboxylic acids is 1. The highest BCUT2D eigenvalue weighted by Crippen LogP contribution is 2.29. The summed E-state index contributed by atoms with van der Waals surface area (Å²) in [5.74, 6) is 0. The summed E-state index contributed by atoms with van der Waals surface area (Å²) in [5.41, 5.74) is 2.56. The number of anilines is 1. The van der Waals surface area contributed by atoms with Crippen molar-refractivity contribution in [3.8, 4) is 0 Å². The highest BCUT2D eigenvalue weighted by Gasteiger charge is 2.27. The van der Waals surface area contributed by atoms with E-state index in [0.29, 0.717) is 17.2 Å². The van der Waals surface area contributed by atoms with Gasteiger partial charge in [0.1, 0.15) is 6.61 Å². The zero-order valence-corrected chi connectivity index (χ0v) is 15.4. The van der Waals surface area contributed by atoms with Gasteiger partial charge in [0.05, 0.1) is 12.3 Å². The molecule has 1 aliphatic carbocycles. The highest BCUT2D eigenvalue weighted by atomic mass is 32.1. The van der Waals surface area contributed by atoms with Gasteiger partial charge in [-0.3, -0.25) is 5.32 Å². The number of alkyl halides is 3. The van der Waals surface area contributed by atoms with Crippen LogP contribution in [-0.4, -0.2) is 23.8 Å². The zero-order chi connectivity index (χ0) is 19.3. The first-order valence-corrected chi connectivity index (χ1v) is 9.46. The van der Waals surface area contributed by atoms with Crippen molar-refractivity contribution in [3.63, 3.8) is 0 Å². The number of nitrogens with zero attached hydrogens (tertiary/aromatic N) is 1. The maximum atomic E-state index is 12.0. The summed E-state index contributed by atoms with van der Waals surface area (Å²) in [6.45, 7) is -1.07. The number of amides is 2. The number of fused-ring (bicyclic) bond motifs is 1. The number of hydrogen-bond acceptors (Lipinski definition) is 4. The quantitative estimate of drug-likeness (QED) is 0.756. The van der Waals surface area contributed by atoms with Crippen LogP contribution >= 0.6 is 11.3 Å². The standard InChI is InChI=1S/C18H20F3N3O2S/c19-18(20,21)11-26-10-13-7-5-12(6-8-13)9-22-16(25)24-17-23-14-3-1-2-4-15(14)27-17/h5-8H,1-4,9-11H2,(H2,22,23,24,25). The Morgan fingerprint density at radius 3 is 2.56 bits per heavy atom. The number of aromatic nitrogens is 1. The smallest absolute Gasteiger partial charge is 0.367 e.